The number of nitrogens with two attached hydrogens (primary N) is 1. The molecule has 3 rings (SSSR count). The Morgan fingerprint density at radius 3 is 2.61 bits per heavy atom. The lowest BCUT2D eigenvalue weighted by atomic mass is 9.98. The van der Waals surface area contributed by atoms with E-state index in [-0.39, 0.29) is 5.82 Å². The van der Waals surface area contributed by atoms with Gasteiger partial charge in [-0.3, -0.25) is 4.98 Å². The summed E-state index contributed by atoms with van der Waals surface area (Å²) in [6.07, 6.45) is 4.34. The van der Waals surface area contributed by atoms with Crippen LogP contribution in [0.3, 0.4) is 0 Å². The maximum absolute atomic E-state index is 9.60. The van der Waals surface area contributed by atoms with Gasteiger partial charge in [-0.05, 0) is 56.4 Å². The molecule has 0 atom stereocenters. The molecule has 3 aromatic rings. The van der Waals surface area contributed by atoms with Gasteiger partial charge in [-0.1, -0.05) is 12.1 Å². The molecule has 0 aliphatic rings. The van der Waals surface area contributed by atoms with E-state index in [1.165, 1.54) is 0 Å². The predicted octanol–water partition coefficient (Wildman–Crippen LogP) is 3.59. The number of rotatable bonds is 7. The summed E-state index contributed by atoms with van der Waals surface area (Å²) in [6, 6.07) is 15.5. The highest BCUT2D eigenvalue weighted by molar-refractivity contribution is 5.80. The molecule has 6 heteroatoms. The summed E-state index contributed by atoms with van der Waals surface area (Å²) in [5, 5.41) is 9.60. The van der Waals surface area contributed by atoms with Crippen molar-refractivity contribution in [2.75, 3.05) is 33.0 Å². The van der Waals surface area contributed by atoms with Crippen LogP contribution in [0.15, 0.2) is 54.9 Å². The van der Waals surface area contributed by atoms with Gasteiger partial charge in [0.15, 0.2) is 0 Å². The highest BCUT2D eigenvalue weighted by Crippen LogP contribution is 2.32. The number of nitriles is 1. The van der Waals surface area contributed by atoms with Crippen molar-refractivity contribution < 1.29 is 4.74 Å². The lowest BCUT2D eigenvalue weighted by Crippen LogP contribution is -2.15. The highest BCUT2D eigenvalue weighted by atomic mass is 16.5. The third-order valence-corrected chi connectivity index (χ3v) is 4.30. The molecule has 0 aliphatic heterocycles. The molecular formula is C22H23N5O. The van der Waals surface area contributed by atoms with E-state index < -0.39 is 0 Å². The molecule has 0 bridgehead atoms. The largest absolute Gasteiger partial charge is 0.494 e. The van der Waals surface area contributed by atoms with Gasteiger partial charge < -0.3 is 15.4 Å². The summed E-state index contributed by atoms with van der Waals surface area (Å²) < 4.78 is 5.87. The fraction of sp³-hybridized carbons (Fsp3) is 0.227. The minimum atomic E-state index is 0.212. The molecule has 0 aliphatic carbocycles. The number of hydrogen-bond acceptors (Lipinski definition) is 6. The number of nitrogens with zero attached hydrogens (tertiary/aromatic N) is 4. The second kappa shape index (κ2) is 8.98. The molecule has 6 nitrogen and oxygen atoms in total. The zero-order chi connectivity index (χ0) is 19.9. The lowest BCUT2D eigenvalue weighted by molar-refractivity contribution is 0.281. The normalized spacial score (nSPS) is 10.6. The second-order valence-corrected chi connectivity index (χ2v) is 6.70. The van der Waals surface area contributed by atoms with Gasteiger partial charge in [0.2, 0.25) is 0 Å². The molecule has 0 saturated heterocycles. The molecule has 0 spiro atoms. The third kappa shape index (κ3) is 4.64. The molecule has 0 radical (unpaired) electrons. The van der Waals surface area contributed by atoms with Gasteiger partial charge in [0, 0.05) is 30.1 Å². The average Bonchev–Trinajstić information content (AvgIpc) is 2.71. The Hall–Kier alpha value is -3.43. The molecule has 0 unspecified atom stereocenters. The first kappa shape index (κ1) is 19.3. The van der Waals surface area contributed by atoms with Crippen molar-refractivity contribution in [3.63, 3.8) is 0 Å². The fourth-order valence-electron chi connectivity index (χ4n) is 2.90. The van der Waals surface area contributed by atoms with Crippen molar-refractivity contribution in [2.24, 2.45) is 0 Å². The molecule has 28 heavy (non-hydrogen) atoms. The van der Waals surface area contributed by atoms with Crippen LogP contribution in [-0.4, -0.2) is 42.1 Å². The zero-order valence-electron chi connectivity index (χ0n) is 16.1. The van der Waals surface area contributed by atoms with E-state index in [1.54, 1.807) is 12.4 Å². The number of benzene rings is 1. The van der Waals surface area contributed by atoms with Crippen molar-refractivity contribution in [3.8, 4) is 34.2 Å². The SMILES string of the molecule is CN(C)CCCOc1cccc(-c2cc(-c3ccncc3)nc(N)c2C#N)c1. The van der Waals surface area contributed by atoms with Crippen molar-refractivity contribution in [3.05, 3.63) is 60.4 Å². The zero-order valence-corrected chi connectivity index (χ0v) is 16.1. The Labute approximate surface area is 165 Å². The Balaban J connectivity index is 1.93. The van der Waals surface area contributed by atoms with Crippen LogP contribution in [0.5, 0.6) is 5.75 Å². The summed E-state index contributed by atoms with van der Waals surface area (Å²) in [4.78, 5) is 10.6. The van der Waals surface area contributed by atoms with Crippen molar-refractivity contribution in [1.29, 1.82) is 5.26 Å². The summed E-state index contributed by atoms with van der Waals surface area (Å²) in [7, 11) is 4.08. The van der Waals surface area contributed by atoms with Crippen LogP contribution in [0.2, 0.25) is 0 Å². The molecule has 2 N–H and O–H groups in total. The number of hydrogen-bond donors (Lipinski definition) is 1. The highest BCUT2D eigenvalue weighted by Gasteiger charge is 2.14. The van der Waals surface area contributed by atoms with E-state index in [0.717, 1.165) is 35.4 Å². The van der Waals surface area contributed by atoms with Gasteiger partial charge in [-0.25, -0.2) is 4.98 Å². The van der Waals surface area contributed by atoms with E-state index in [4.69, 9.17) is 10.5 Å². The quantitative estimate of drug-likeness (QED) is 0.637. The summed E-state index contributed by atoms with van der Waals surface area (Å²) in [5.74, 6) is 0.977. The fourth-order valence-corrected chi connectivity index (χ4v) is 2.90. The summed E-state index contributed by atoms with van der Waals surface area (Å²) in [5.41, 5.74) is 9.65. The van der Waals surface area contributed by atoms with E-state index >= 15 is 0 Å². The van der Waals surface area contributed by atoms with Crippen molar-refractivity contribution in [2.45, 2.75) is 6.42 Å². The van der Waals surface area contributed by atoms with Gasteiger partial charge in [0.1, 0.15) is 23.2 Å². The molecule has 142 valence electrons. The van der Waals surface area contributed by atoms with Crippen LogP contribution in [0.25, 0.3) is 22.4 Å². The molecule has 2 heterocycles. The summed E-state index contributed by atoms with van der Waals surface area (Å²) in [6.45, 7) is 1.60. The molecule has 1 aromatic carbocycles. The van der Waals surface area contributed by atoms with Crippen LogP contribution in [0, 0.1) is 11.3 Å². The van der Waals surface area contributed by atoms with E-state index in [9.17, 15) is 5.26 Å². The van der Waals surface area contributed by atoms with Gasteiger partial charge in [-0.2, -0.15) is 5.26 Å². The minimum Gasteiger partial charge on any atom is -0.494 e. The van der Waals surface area contributed by atoms with E-state index in [1.807, 2.05) is 56.6 Å². The van der Waals surface area contributed by atoms with Crippen LogP contribution in [-0.2, 0) is 0 Å². The van der Waals surface area contributed by atoms with Crippen molar-refractivity contribution >= 4 is 5.82 Å². The van der Waals surface area contributed by atoms with Crippen LogP contribution >= 0.6 is 0 Å². The predicted molar refractivity (Wildman–Crippen MR) is 111 cm³/mol. The average molecular weight is 373 g/mol. The maximum Gasteiger partial charge on any atom is 0.142 e. The van der Waals surface area contributed by atoms with Crippen LogP contribution in [0.1, 0.15) is 12.0 Å². The molecule has 0 saturated carbocycles. The number of nitrogen functional groups attached to an aromatic ring is 1. The standard InChI is InChI=1S/C22H23N5O/c1-27(2)11-4-12-28-18-6-3-5-17(13-18)19-14-21(16-7-9-25-10-8-16)26-22(24)20(19)15-23/h3,5-10,13-14H,4,11-12H2,1-2H3,(H2,24,26). The number of aromatic nitrogens is 2. The maximum atomic E-state index is 9.60. The van der Waals surface area contributed by atoms with E-state index in [0.29, 0.717) is 17.9 Å². The van der Waals surface area contributed by atoms with Gasteiger partial charge in [-0.15, -0.1) is 0 Å². The molecule has 0 fully saturated rings. The Kier molecular flexibility index (Phi) is 6.20. The van der Waals surface area contributed by atoms with Gasteiger partial charge in [0.05, 0.1) is 12.3 Å². The Morgan fingerprint density at radius 1 is 1.11 bits per heavy atom. The molecule has 2 aromatic heterocycles. The minimum absolute atomic E-state index is 0.212. The van der Waals surface area contributed by atoms with Crippen molar-refractivity contribution in [1.82, 2.24) is 14.9 Å². The van der Waals surface area contributed by atoms with E-state index in [2.05, 4.69) is 20.9 Å². The Bertz CT molecular complexity index is 980. The monoisotopic (exact) mass is 373 g/mol. The van der Waals surface area contributed by atoms with Crippen LogP contribution < -0.4 is 10.5 Å². The number of anilines is 1. The number of ether oxygens (including phenoxy) is 1. The lowest BCUT2D eigenvalue weighted by Gasteiger charge is -2.13. The smallest absolute Gasteiger partial charge is 0.142 e. The molecule has 0 amide bonds. The van der Waals surface area contributed by atoms with Gasteiger partial charge in [0.25, 0.3) is 0 Å². The Morgan fingerprint density at radius 2 is 1.89 bits per heavy atom. The van der Waals surface area contributed by atoms with Crippen LogP contribution in [0.4, 0.5) is 5.82 Å². The molecular weight excluding hydrogens is 350 g/mol. The second-order valence-electron chi connectivity index (χ2n) is 6.70. The first-order chi connectivity index (χ1) is 13.6. The summed E-state index contributed by atoms with van der Waals surface area (Å²) >= 11 is 0. The topological polar surface area (TPSA) is 88.1 Å². The van der Waals surface area contributed by atoms with Gasteiger partial charge >= 0.3 is 0 Å². The number of pyridine rings is 2. The third-order valence-electron chi connectivity index (χ3n) is 4.30. The first-order valence-corrected chi connectivity index (χ1v) is 9.07. The first-order valence-electron chi connectivity index (χ1n) is 9.07.